The average Bonchev–Trinajstić information content (AvgIpc) is 2.64. The molecule has 14 heavy (non-hydrogen) atoms. The maximum absolute atomic E-state index is 2.34. The highest BCUT2D eigenvalue weighted by Gasteiger charge is 2.16. The lowest BCUT2D eigenvalue weighted by Crippen LogP contribution is -3.61. The van der Waals surface area contributed by atoms with Gasteiger partial charge in [-0.25, -0.2) is 0 Å². The number of halogens is 1. The van der Waals surface area contributed by atoms with Crippen molar-refractivity contribution in [1.29, 1.82) is 0 Å². The first kappa shape index (κ1) is 10.2. The Kier molecular flexibility index (Phi) is 3.23. The number of thiophene rings is 1. The molecule has 0 fully saturated rings. The summed E-state index contributed by atoms with van der Waals surface area (Å²) in [7, 11) is 0. The molecule has 0 atom stereocenters. The standard InChI is InChI=1S/C12H12IS/c1-9-5-6-11(8-10(9)2)13-12-4-3-7-14-12/h3-8H,1-2H3/q+1. The van der Waals surface area contributed by atoms with Gasteiger partial charge in [-0.05, 0) is 48.6 Å². The Morgan fingerprint density at radius 1 is 1.07 bits per heavy atom. The van der Waals surface area contributed by atoms with E-state index < -0.39 is 0 Å². The van der Waals surface area contributed by atoms with Crippen molar-refractivity contribution in [3.63, 3.8) is 0 Å². The van der Waals surface area contributed by atoms with Crippen LogP contribution in [0, 0.1) is 20.3 Å². The van der Waals surface area contributed by atoms with Crippen molar-refractivity contribution in [3.05, 3.63) is 53.3 Å². The molecule has 0 aliphatic carbocycles. The van der Waals surface area contributed by atoms with E-state index in [4.69, 9.17) is 0 Å². The fourth-order valence-electron chi connectivity index (χ4n) is 1.18. The predicted molar refractivity (Wildman–Crippen MR) is 57.6 cm³/mol. The average molecular weight is 315 g/mol. The summed E-state index contributed by atoms with van der Waals surface area (Å²) in [5.41, 5.74) is 2.81. The normalized spacial score (nSPS) is 10.4. The fourth-order valence-corrected chi connectivity index (χ4v) is 5.08. The van der Waals surface area contributed by atoms with Gasteiger partial charge in [0.05, 0.1) is 0 Å². The minimum Gasteiger partial charge on any atom is -0.0963 e. The van der Waals surface area contributed by atoms with Gasteiger partial charge in [0.1, 0.15) is 0 Å². The zero-order valence-corrected chi connectivity index (χ0v) is 11.2. The van der Waals surface area contributed by atoms with Crippen LogP contribution in [-0.2, 0) is 0 Å². The number of benzene rings is 1. The molecule has 0 spiro atoms. The summed E-state index contributed by atoms with van der Waals surface area (Å²) in [6.45, 7) is 4.36. The molecule has 0 N–H and O–H groups in total. The first-order chi connectivity index (χ1) is 6.75. The van der Waals surface area contributed by atoms with Crippen LogP contribution in [0.5, 0.6) is 0 Å². The van der Waals surface area contributed by atoms with E-state index in [0.717, 1.165) is 0 Å². The summed E-state index contributed by atoms with van der Waals surface area (Å²) < 4.78 is 3.07. The van der Waals surface area contributed by atoms with Crippen LogP contribution < -0.4 is 21.2 Å². The highest BCUT2D eigenvalue weighted by Crippen LogP contribution is 2.03. The Balaban J connectivity index is 2.22. The highest BCUT2D eigenvalue weighted by atomic mass is 127. The second-order valence-corrected chi connectivity index (χ2v) is 7.87. The Hall–Kier alpha value is -0.350. The molecule has 72 valence electrons. The molecule has 0 bridgehead atoms. The minimum atomic E-state index is 0.0553. The van der Waals surface area contributed by atoms with Gasteiger partial charge in [-0.2, -0.15) is 0 Å². The molecule has 0 saturated heterocycles. The molecular weight excluding hydrogens is 303 g/mol. The zero-order chi connectivity index (χ0) is 9.97. The second kappa shape index (κ2) is 4.45. The highest BCUT2D eigenvalue weighted by molar-refractivity contribution is 7.07. The molecule has 2 heteroatoms. The van der Waals surface area contributed by atoms with E-state index in [1.807, 2.05) is 11.3 Å². The van der Waals surface area contributed by atoms with Gasteiger partial charge in [-0.1, -0.05) is 17.4 Å². The summed E-state index contributed by atoms with van der Waals surface area (Å²) in [4.78, 5) is 0. The second-order valence-electron chi connectivity index (χ2n) is 3.24. The third kappa shape index (κ3) is 2.36. The summed E-state index contributed by atoms with van der Waals surface area (Å²) in [6.07, 6.45) is 0. The van der Waals surface area contributed by atoms with Crippen LogP contribution in [0.3, 0.4) is 0 Å². The molecule has 0 amide bonds. The Morgan fingerprint density at radius 3 is 2.57 bits per heavy atom. The van der Waals surface area contributed by atoms with Gasteiger partial charge < -0.3 is 0 Å². The third-order valence-electron chi connectivity index (χ3n) is 2.16. The van der Waals surface area contributed by atoms with Crippen molar-refractivity contribution in [3.8, 4) is 0 Å². The van der Waals surface area contributed by atoms with E-state index in [9.17, 15) is 0 Å². The lowest BCUT2D eigenvalue weighted by atomic mass is 10.1. The van der Waals surface area contributed by atoms with E-state index in [-0.39, 0.29) is 21.2 Å². The van der Waals surface area contributed by atoms with Crippen molar-refractivity contribution < 1.29 is 21.2 Å². The van der Waals surface area contributed by atoms with Crippen molar-refractivity contribution in [1.82, 2.24) is 0 Å². The molecule has 1 aromatic heterocycles. The van der Waals surface area contributed by atoms with Crippen LogP contribution in [0.2, 0.25) is 0 Å². The zero-order valence-electron chi connectivity index (χ0n) is 8.25. The quantitative estimate of drug-likeness (QED) is 0.708. The number of aryl methyl sites for hydroxylation is 2. The van der Waals surface area contributed by atoms with Crippen LogP contribution in [0.25, 0.3) is 0 Å². The maximum Gasteiger partial charge on any atom is 0.369 e. The smallest absolute Gasteiger partial charge is 0.0963 e. The first-order valence-electron chi connectivity index (χ1n) is 4.51. The molecule has 0 nitrogen and oxygen atoms in total. The molecule has 0 aliphatic rings. The Bertz CT molecular complexity index is 418. The molecule has 0 aliphatic heterocycles. The maximum atomic E-state index is 2.34. The summed E-state index contributed by atoms with van der Waals surface area (Å²) in [5, 5.41) is 2.16. The number of rotatable bonds is 2. The number of hydrogen-bond acceptors (Lipinski definition) is 1. The first-order valence-corrected chi connectivity index (χ1v) is 7.55. The van der Waals surface area contributed by atoms with Gasteiger partial charge in [-0.15, -0.1) is 0 Å². The van der Waals surface area contributed by atoms with E-state index >= 15 is 0 Å². The molecular formula is C12H12IS+. The Labute approximate surface area is 99.2 Å². The number of hydrogen-bond donors (Lipinski definition) is 0. The topological polar surface area (TPSA) is 0 Å². The van der Waals surface area contributed by atoms with Gasteiger partial charge in [-0.3, -0.25) is 0 Å². The molecule has 2 aromatic rings. The van der Waals surface area contributed by atoms with Crippen molar-refractivity contribution in [2.75, 3.05) is 0 Å². The summed E-state index contributed by atoms with van der Waals surface area (Å²) in [5.74, 6) is 0. The Morgan fingerprint density at radius 2 is 1.93 bits per heavy atom. The van der Waals surface area contributed by atoms with Gasteiger partial charge in [0.15, 0.2) is 3.57 Å². The lowest BCUT2D eigenvalue weighted by Gasteiger charge is -1.95. The molecule has 0 saturated carbocycles. The third-order valence-corrected chi connectivity index (χ3v) is 6.28. The minimum absolute atomic E-state index is 0.0553. The van der Waals surface area contributed by atoms with E-state index in [2.05, 4.69) is 49.6 Å². The van der Waals surface area contributed by atoms with Crippen molar-refractivity contribution in [2.24, 2.45) is 0 Å². The monoisotopic (exact) mass is 315 g/mol. The summed E-state index contributed by atoms with van der Waals surface area (Å²) in [6, 6.07) is 11.2. The van der Waals surface area contributed by atoms with Crippen molar-refractivity contribution >= 4 is 11.3 Å². The fraction of sp³-hybridized carbons (Fsp3) is 0.167. The van der Waals surface area contributed by atoms with E-state index in [1.165, 1.54) is 14.7 Å². The summed E-state index contributed by atoms with van der Waals surface area (Å²) >= 11 is 1.93. The van der Waals surface area contributed by atoms with Crippen LogP contribution >= 0.6 is 11.3 Å². The van der Waals surface area contributed by atoms with Crippen LogP contribution in [0.4, 0.5) is 0 Å². The van der Waals surface area contributed by atoms with Crippen LogP contribution in [0.1, 0.15) is 11.1 Å². The van der Waals surface area contributed by atoms with Gasteiger partial charge in [0.2, 0.25) is 2.88 Å². The SMILES string of the molecule is Cc1ccc([I+]c2cccs2)cc1C. The van der Waals surface area contributed by atoms with Gasteiger partial charge in [0, 0.05) is 6.07 Å². The molecule has 1 heterocycles. The molecule has 0 radical (unpaired) electrons. The van der Waals surface area contributed by atoms with Crippen LogP contribution in [-0.4, -0.2) is 0 Å². The van der Waals surface area contributed by atoms with Crippen LogP contribution in [0.15, 0.2) is 35.7 Å². The lowest BCUT2D eigenvalue weighted by molar-refractivity contribution is -0.591. The largest absolute Gasteiger partial charge is 0.369 e. The van der Waals surface area contributed by atoms with E-state index in [1.54, 1.807) is 2.88 Å². The predicted octanol–water partition coefficient (Wildman–Crippen LogP) is 0.493. The van der Waals surface area contributed by atoms with E-state index in [0.29, 0.717) is 0 Å². The molecule has 0 unspecified atom stereocenters. The van der Waals surface area contributed by atoms with Crippen molar-refractivity contribution in [2.45, 2.75) is 13.8 Å². The van der Waals surface area contributed by atoms with Gasteiger partial charge >= 0.3 is 21.2 Å². The molecule has 1 aromatic carbocycles. The van der Waals surface area contributed by atoms with Gasteiger partial charge in [0.25, 0.3) is 0 Å². The molecule has 2 rings (SSSR count).